The van der Waals surface area contributed by atoms with Gasteiger partial charge < -0.3 is 19.7 Å². The van der Waals surface area contributed by atoms with E-state index in [4.69, 9.17) is 9.47 Å². The van der Waals surface area contributed by atoms with E-state index in [-0.39, 0.29) is 17.7 Å². The Morgan fingerprint density at radius 3 is 2.77 bits per heavy atom. The summed E-state index contributed by atoms with van der Waals surface area (Å²) < 4.78 is 11.4. The van der Waals surface area contributed by atoms with Gasteiger partial charge in [0.2, 0.25) is 11.8 Å². The second-order valence-corrected chi connectivity index (χ2v) is 8.36. The second-order valence-electron chi connectivity index (χ2n) is 8.36. The summed E-state index contributed by atoms with van der Waals surface area (Å²) in [6, 6.07) is 5.92. The normalized spacial score (nSPS) is 18.6. The minimum atomic E-state index is -0.0769. The molecule has 2 heterocycles. The van der Waals surface area contributed by atoms with Gasteiger partial charge >= 0.3 is 0 Å². The third kappa shape index (κ3) is 6.64. The highest BCUT2D eigenvalue weighted by atomic mass is 16.5. The Morgan fingerprint density at radius 1 is 1.10 bits per heavy atom. The number of nitrogens with zero attached hydrogens (tertiary/aromatic N) is 1. The van der Waals surface area contributed by atoms with Gasteiger partial charge in [0.25, 0.3) is 0 Å². The van der Waals surface area contributed by atoms with Gasteiger partial charge in [0.1, 0.15) is 0 Å². The van der Waals surface area contributed by atoms with Crippen LogP contribution in [0.15, 0.2) is 18.2 Å². The molecule has 1 saturated heterocycles. The second kappa shape index (κ2) is 11.8. The average Bonchev–Trinajstić information content (AvgIpc) is 3.02. The summed E-state index contributed by atoms with van der Waals surface area (Å²) in [6.07, 6.45) is 8.36. The van der Waals surface area contributed by atoms with Gasteiger partial charge in [-0.2, -0.15) is 0 Å². The standard InChI is InChI=1S/C24H36N2O4/c1-2-3-4-5-13-25-24(28)20-8-6-14-26(18-20)23(27)12-10-19-9-11-21-22(17-19)30-16-7-15-29-21/h9,11,17,20H,2-8,10,12-16,18H2,1H3,(H,25,28). The predicted octanol–water partition coefficient (Wildman–Crippen LogP) is 3.72. The molecule has 0 saturated carbocycles. The summed E-state index contributed by atoms with van der Waals surface area (Å²) >= 11 is 0. The van der Waals surface area contributed by atoms with Crippen molar-refractivity contribution < 1.29 is 19.1 Å². The molecule has 1 N–H and O–H groups in total. The molecule has 6 nitrogen and oxygen atoms in total. The maximum Gasteiger partial charge on any atom is 0.224 e. The number of carbonyl (C=O) groups is 2. The van der Waals surface area contributed by atoms with E-state index in [0.717, 1.165) is 62.3 Å². The Morgan fingerprint density at radius 2 is 1.93 bits per heavy atom. The van der Waals surface area contributed by atoms with Crippen LogP contribution in [0.25, 0.3) is 0 Å². The number of carbonyl (C=O) groups excluding carboxylic acids is 2. The Labute approximate surface area is 180 Å². The molecule has 2 amide bonds. The lowest BCUT2D eigenvalue weighted by Gasteiger charge is -2.32. The zero-order valence-electron chi connectivity index (χ0n) is 18.3. The smallest absolute Gasteiger partial charge is 0.224 e. The van der Waals surface area contributed by atoms with E-state index in [2.05, 4.69) is 12.2 Å². The molecule has 2 aliphatic rings. The van der Waals surface area contributed by atoms with Crippen LogP contribution in [-0.2, 0) is 16.0 Å². The van der Waals surface area contributed by atoms with Crippen molar-refractivity contribution >= 4 is 11.8 Å². The summed E-state index contributed by atoms with van der Waals surface area (Å²) in [6.45, 7) is 5.55. The molecular formula is C24H36N2O4. The highest BCUT2D eigenvalue weighted by molar-refractivity contribution is 5.81. The van der Waals surface area contributed by atoms with E-state index in [9.17, 15) is 9.59 Å². The molecule has 0 radical (unpaired) electrons. The molecule has 1 fully saturated rings. The third-order valence-corrected chi connectivity index (χ3v) is 5.91. The number of unbranched alkanes of at least 4 members (excludes halogenated alkanes) is 3. The van der Waals surface area contributed by atoms with E-state index in [0.29, 0.717) is 32.6 Å². The van der Waals surface area contributed by atoms with Crippen molar-refractivity contribution in [2.75, 3.05) is 32.8 Å². The fourth-order valence-electron chi connectivity index (χ4n) is 4.10. The van der Waals surface area contributed by atoms with Gasteiger partial charge in [-0.1, -0.05) is 32.3 Å². The molecule has 0 bridgehead atoms. The quantitative estimate of drug-likeness (QED) is 0.623. The molecule has 1 atom stereocenters. The topological polar surface area (TPSA) is 67.9 Å². The zero-order valence-corrected chi connectivity index (χ0v) is 18.3. The highest BCUT2D eigenvalue weighted by Gasteiger charge is 2.28. The summed E-state index contributed by atoms with van der Waals surface area (Å²) in [5, 5.41) is 3.06. The lowest BCUT2D eigenvalue weighted by Crippen LogP contribution is -2.45. The monoisotopic (exact) mass is 416 g/mol. The van der Waals surface area contributed by atoms with E-state index >= 15 is 0 Å². The first kappa shape index (κ1) is 22.4. The van der Waals surface area contributed by atoms with Crippen molar-refractivity contribution in [3.63, 3.8) is 0 Å². The maximum atomic E-state index is 12.8. The summed E-state index contributed by atoms with van der Waals surface area (Å²) in [5.41, 5.74) is 1.07. The van der Waals surface area contributed by atoms with Crippen LogP contribution >= 0.6 is 0 Å². The van der Waals surface area contributed by atoms with Gasteiger partial charge in [-0.25, -0.2) is 0 Å². The van der Waals surface area contributed by atoms with Crippen molar-refractivity contribution in [2.24, 2.45) is 5.92 Å². The molecule has 0 aliphatic carbocycles. The molecule has 1 unspecified atom stereocenters. The van der Waals surface area contributed by atoms with Crippen molar-refractivity contribution in [3.8, 4) is 11.5 Å². The number of hydrogen-bond donors (Lipinski definition) is 1. The van der Waals surface area contributed by atoms with Gasteiger partial charge in [0.05, 0.1) is 19.1 Å². The summed E-state index contributed by atoms with van der Waals surface area (Å²) in [5.74, 6) is 1.70. The number of fused-ring (bicyclic) bond motifs is 1. The van der Waals surface area contributed by atoms with Crippen LogP contribution in [0.3, 0.4) is 0 Å². The van der Waals surface area contributed by atoms with Crippen LogP contribution in [-0.4, -0.2) is 49.6 Å². The molecule has 1 aromatic rings. The fourth-order valence-corrected chi connectivity index (χ4v) is 4.10. The first-order valence-corrected chi connectivity index (χ1v) is 11.6. The number of ether oxygens (including phenoxy) is 2. The van der Waals surface area contributed by atoms with Crippen LogP contribution in [0.1, 0.15) is 63.9 Å². The molecule has 30 heavy (non-hydrogen) atoms. The molecule has 0 spiro atoms. The Kier molecular flexibility index (Phi) is 8.84. The van der Waals surface area contributed by atoms with Crippen molar-refractivity contribution in [1.29, 1.82) is 0 Å². The molecular weight excluding hydrogens is 380 g/mol. The molecule has 2 aliphatic heterocycles. The van der Waals surface area contributed by atoms with E-state index in [1.54, 1.807) is 0 Å². The summed E-state index contributed by atoms with van der Waals surface area (Å²) in [4.78, 5) is 27.1. The third-order valence-electron chi connectivity index (χ3n) is 5.91. The molecule has 0 aromatic heterocycles. The van der Waals surface area contributed by atoms with Gasteiger partial charge in [-0.15, -0.1) is 0 Å². The van der Waals surface area contributed by atoms with Crippen molar-refractivity contribution in [3.05, 3.63) is 23.8 Å². The first-order chi connectivity index (χ1) is 14.7. The molecule has 1 aromatic carbocycles. The van der Waals surface area contributed by atoms with Gasteiger partial charge in [-0.05, 0) is 43.4 Å². The van der Waals surface area contributed by atoms with Crippen LogP contribution in [0, 0.1) is 5.92 Å². The van der Waals surface area contributed by atoms with Crippen molar-refractivity contribution in [1.82, 2.24) is 10.2 Å². The number of hydrogen-bond acceptors (Lipinski definition) is 4. The van der Waals surface area contributed by atoms with Crippen LogP contribution in [0.2, 0.25) is 0 Å². The lowest BCUT2D eigenvalue weighted by atomic mass is 9.96. The minimum Gasteiger partial charge on any atom is -0.490 e. The van der Waals surface area contributed by atoms with Crippen LogP contribution < -0.4 is 14.8 Å². The number of nitrogens with one attached hydrogen (secondary N) is 1. The van der Waals surface area contributed by atoms with E-state index < -0.39 is 0 Å². The van der Waals surface area contributed by atoms with Crippen molar-refractivity contribution in [2.45, 2.75) is 64.7 Å². The number of likely N-dealkylation sites (tertiary alicyclic amines) is 1. The number of benzene rings is 1. The van der Waals surface area contributed by atoms with E-state index in [1.165, 1.54) is 12.8 Å². The average molecular weight is 417 g/mol. The highest BCUT2D eigenvalue weighted by Crippen LogP contribution is 2.31. The van der Waals surface area contributed by atoms with Gasteiger partial charge in [-0.3, -0.25) is 9.59 Å². The Hall–Kier alpha value is -2.24. The summed E-state index contributed by atoms with van der Waals surface area (Å²) in [7, 11) is 0. The number of aryl methyl sites for hydroxylation is 1. The van der Waals surface area contributed by atoms with Gasteiger partial charge in [0.15, 0.2) is 11.5 Å². The Bertz CT molecular complexity index is 706. The first-order valence-electron chi connectivity index (χ1n) is 11.6. The number of rotatable bonds is 9. The zero-order chi connectivity index (χ0) is 21.2. The molecule has 3 rings (SSSR count). The number of amides is 2. The largest absolute Gasteiger partial charge is 0.490 e. The predicted molar refractivity (Wildman–Crippen MR) is 117 cm³/mol. The molecule has 6 heteroatoms. The lowest BCUT2D eigenvalue weighted by molar-refractivity contribution is -0.135. The maximum absolute atomic E-state index is 12.8. The SMILES string of the molecule is CCCCCCNC(=O)C1CCCN(C(=O)CCc2ccc3c(c2)OCCCO3)C1. The van der Waals surface area contributed by atoms with E-state index in [1.807, 2.05) is 23.1 Å². The fraction of sp³-hybridized carbons (Fsp3) is 0.667. The Balaban J connectivity index is 1.44. The van der Waals surface area contributed by atoms with Gasteiger partial charge in [0, 0.05) is 32.5 Å². The number of piperidine rings is 1. The van der Waals surface area contributed by atoms with Crippen LogP contribution in [0.5, 0.6) is 11.5 Å². The molecule has 166 valence electrons. The van der Waals surface area contributed by atoms with Crippen LogP contribution in [0.4, 0.5) is 0 Å². The minimum absolute atomic E-state index is 0.0769.